The Morgan fingerprint density at radius 1 is 0.267 bits per heavy atom. The number of nitrogens with zero attached hydrogens (tertiary/aromatic N) is 2. The van der Waals surface area contributed by atoms with Crippen molar-refractivity contribution in [2.24, 2.45) is 23.7 Å². The van der Waals surface area contributed by atoms with Gasteiger partial charge in [-0.3, -0.25) is 9.97 Å². The molecule has 450 valence electrons. The summed E-state index contributed by atoms with van der Waals surface area (Å²) in [6.07, 6.45) is 23.2. The summed E-state index contributed by atoms with van der Waals surface area (Å²) < 4.78 is 25.5. The van der Waals surface area contributed by atoms with E-state index >= 15 is 0 Å². The third kappa shape index (κ3) is 17.2. The van der Waals surface area contributed by atoms with E-state index in [1.165, 1.54) is 77.0 Å². The van der Waals surface area contributed by atoms with E-state index < -0.39 is 0 Å². The fourth-order valence-corrected chi connectivity index (χ4v) is 11.8. The van der Waals surface area contributed by atoms with Crippen molar-refractivity contribution >= 4 is 21.8 Å². The molecule has 86 heavy (non-hydrogen) atoms. The van der Waals surface area contributed by atoms with Crippen LogP contribution in [0, 0.1) is 23.7 Å². The molecule has 0 aliphatic carbocycles. The van der Waals surface area contributed by atoms with Crippen LogP contribution in [0.4, 0.5) is 0 Å². The van der Waals surface area contributed by atoms with Gasteiger partial charge in [-0.1, -0.05) is 193 Å². The molecule has 0 saturated heterocycles. The van der Waals surface area contributed by atoms with Gasteiger partial charge in [-0.05, 0) is 202 Å². The first-order chi connectivity index (χ1) is 42.2. The van der Waals surface area contributed by atoms with Gasteiger partial charge in [0.25, 0.3) is 0 Å². The molecule has 0 saturated carbocycles. The maximum absolute atomic E-state index is 6.37. The number of unbranched alkanes of at least 4 members (excludes halogenated alkanes) is 4. The summed E-state index contributed by atoms with van der Waals surface area (Å²) in [5.41, 5.74) is 15.1. The second-order valence-corrected chi connectivity index (χ2v) is 24.3. The highest BCUT2D eigenvalue weighted by molar-refractivity contribution is 6.05. The van der Waals surface area contributed by atoms with Crippen LogP contribution in [-0.2, 0) is 0 Å². The lowest BCUT2D eigenvalue weighted by molar-refractivity contribution is 0.233. The zero-order chi connectivity index (χ0) is 60.0. The number of ether oxygens (including phenoxy) is 4. The number of aromatic nitrogens is 2. The van der Waals surface area contributed by atoms with Gasteiger partial charge in [-0.15, -0.1) is 0 Å². The zero-order valence-electron chi connectivity index (χ0n) is 53.1. The molecule has 0 N–H and O–H groups in total. The van der Waals surface area contributed by atoms with Gasteiger partial charge in [0.05, 0.1) is 37.5 Å². The summed E-state index contributed by atoms with van der Waals surface area (Å²) in [4.78, 5) is 10.4. The molecular formula is C80H96N2O4. The van der Waals surface area contributed by atoms with Gasteiger partial charge in [0, 0.05) is 34.3 Å². The SMILES string of the molecule is CCCCC(CC)COc1ccc(-c2cc(-c3ccc(OCC(CC)CCCC)cc3)cc(-c3cnc4c(ccc5cc(-c6cc(-c7ccc(OCC(CC)CCCC)cc7)cc(-c7ccc(OCC(CC)CCCC)cc7)c6)cnc54)c3)c2)cc1. The first-order valence-electron chi connectivity index (χ1n) is 33.1. The van der Waals surface area contributed by atoms with Crippen molar-refractivity contribution < 1.29 is 18.9 Å². The molecule has 0 aliphatic rings. The second-order valence-electron chi connectivity index (χ2n) is 24.3. The zero-order valence-corrected chi connectivity index (χ0v) is 53.1. The van der Waals surface area contributed by atoms with E-state index in [4.69, 9.17) is 28.9 Å². The molecule has 4 atom stereocenters. The summed E-state index contributed by atoms with van der Waals surface area (Å²) in [7, 11) is 0. The molecule has 7 aromatic carbocycles. The van der Waals surface area contributed by atoms with Crippen LogP contribution in [0.3, 0.4) is 0 Å². The van der Waals surface area contributed by atoms with Crippen LogP contribution in [0.5, 0.6) is 23.0 Å². The predicted molar refractivity (Wildman–Crippen MR) is 365 cm³/mol. The average Bonchev–Trinajstić information content (AvgIpc) is 1.34. The minimum Gasteiger partial charge on any atom is -0.493 e. The molecule has 0 fully saturated rings. The van der Waals surface area contributed by atoms with Gasteiger partial charge in [0.15, 0.2) is 0 Å². The number of hydrogen-bond acceptors (Lipinski definition) is 6. The van der Waals surface area contributed by atoms with Crippen LogP contribution >= 0.6 is 0 Å². The van der Waals surface area contributed by atoms with E-state index in [0.717, 1.165) is 164 Å². The molecule has 6 heteroatoms. The number of fused-ring (bicyclic) bond motifs is 3. The van der Waals surface area contributed by atoms with Crippen molar-refractivity contribution in [3.8, 4) is 89.8 Å². The Balaban J connectivity index is 1.02. The first kappa shape index (κ1) is 63.1. The summed E-state index contributed by atoms with van der Waals surface area (Å²) in [5.74, 6) is 5.94. The van der Waals surface area contributed by atoms with Crippen molar-refractivity contribution in [2.45, 2.75) is 158 Å². The van der Waals surface area contributed by atoms with E-state index in [1.54, 1.807) is 0 Å². The van der Waals surface area contributed by atoms with Crippen LogP contribution in [0.15, 0.2) is 170 Å². The van der Waals surface area contributed by atoms with Crippen LogP contribution in [0.25, 0.3) is 88.6 Å². The Morgan fingerprint density at radius 3 is 0.721 bits per heavy atom. The molecule has 0 radical (unpaired) electrons. The van der Waals surface area contributed by atoms with Crippen molar-refractivity contribution in [3.63, 3.8) is 0 Å². The van der Waals surface area contributed by atoms with Gasteiger partial charge < -0.3 is 18.9 Å². The largest absolute Gasteiger partial charge is 0.493 e. The van der Waals surface area contributed by atoms with Crippen molar-refractivity contribution in [1.29, 1.82) is 0 Å². The van der Waals surface area contributed by atoms with Gasteiger partial charge in [-0.2, -0.15) is 0 Å². The lowest BCUT2D eigenvalue weighted by Crippen LogP contribution is -2.11. The topological polar surface area (TPSA) is 62.7 Å². The predicted octanol–water partition coefficient (Wildman–Crippen LogP) is 23.2. The molecule has 0 amide bonds. The summed E-state index contributed by atoms with van der Waals surface area (Å²) >= 11 is 0. The first-order valence-corrected chi connectivity index (χ1v) is 33.1. The van der Waals surface area contributed by atoms with E-state index in [1.807, 2.05) is 12.4 Å². The molecule has 9 aromatic rings. The van der Waals surface area contributed by atoms with Crippen LogP contribution in [-0.4, -0.2) is 36.4 Å². The van der Waals surface area contributed by atoms with Crippen LogP contribution in [0.2, 0.25) is 0 Å². The third-order valence-corrected chi connectivity index (χ3v) is 17.9. The van der Waals surface area contributed by atoms with Crippen molar-refractivity contribution in [2.75, 3.05) is 26.4 Å². The Kier molecular flexibility index (Phi) is 23.7. The van der Waals surface area contributed by atoms with Gasteiger partial charge in [0.2, 0.25) is 0 Å². The number of hydrogen-bond donors (Lipinski definition) is 0. The monoisotopic (exact) mass is 1150 g/mol. The highest BCUT2D eigenvalue weighted by Gasteiger charge is 2.17. The lowest BCUT2D eigenvalue weighted by atomic mass is 9.93. The van der Waals surface area contributed by atoms with E-state index in [9.17, 15) is 0 Å². The molecular weight excluding hydrogens is 1050 g/mol. The fourth-order valence-electron chi connectivity index (χ4n) is 11.8. The van der Waals surface area contributed by atoms with Crippen molar-refractivity contribution in [3.05, 3.63) is 170 Å². The normalized spacial score (nSPS) is 12.9. The molecule has 2 heterocycles. The minimum atomic E-state index is 0.572. The van der Waals surface area contributed by atoms with Gasteiger partial charge >= 0.3 is 0 Å². The maximum Gasteiger partial charge on any atom is 0.119 e. The van der Waals surface area contributed by atoms with Gasteiger partial charge in [-0.25, -0.2) is 0 Å². The van der Waals surface area contributed by atoms with E-state index in [2.05, 4.69) is 213 Å². The average molecular weight is 1150 g/mol. The summed E-state index contributed by atoms with van der Waals surface area (Å²) in [6, 6.07) is 57.3. The van der Waals surface area contributed by atoms with E-state index in [-0.39, 0.29) is 0 Å². The smallest absolute Gasteiger partial charge is 0.119 e. The maximum atomic E-state index is 6.37. The number of benzene rings is 7. The Morgan fingerprint density at radius 2 is 0.500 bits per heavy atom. The molecule has 0 aliphatic heterocycles. The minimum absolute atomic E-state index is 0.572. The molecule has 0 bridgehead atoms. The molecule has 9 rings (SSSR count). The Hall–Kier alpha value is -7.44. The second kappa shape index (κ2) is 32.3. The van der Waals surface area contributed by atoms with E-state index in [0.29, 0.717) is 23.7 Å². The quantitative estimate of drug-likeness (QED) is 0.0375. The third-order valence-electron chi connectivity index (χ3n) is 17.9. The van der Waals surface area contributed by atoms with Crippen molar-refractivity contribution in [1.82, 2.24) is 9.97 Å². The highest BCUT2D eigenvalue weighted by atomic mass is 16.5. The van der Waals surface area contributed by atoms with Crippen LogP contribution in [0.1, 0.15) is 158 Å². The number of rotatable bonds is 34. The highest BCUT2D eigenvalue weighted by Crippen LogP contribution is 2.39. The summed E-state index contributed by atoms with van der Waals surface area (Å²) in [5, 5.41) is 2.08. The fraction of sp³-hybridized carbons (Fsp3) is 0.400. The van der Waals surface area contributed by atoms with Crippen LogP contribution < -0.4 is 18.9 Å². The standard InChI is InChI=1S/C80H96N2O4/c1-9-17-21-57(13-5)53-83-75-35-27-61(28-36-75)67-45-68(62-29-37-76(38-30-62)84-54-58(14-6)22-18-10-2)48-71(47-67)73-43-65-25-26-66-44-74(52-82-80(66)79(65)81-51-73)72-49-69(63-31-39-77(40-32-63)85-55-59(15-7)23-19-11-3)46-70(50-72)64-33-41-78(42-34-64)86-56-60(16-8)24-20-12-4/h25-52,57-60H,9-24,53-56H2,1-8H3. The molecule has 2 aromatic heterocycles. The molecule has 6 nitrogen and oxygen atoms in total. The Bertz CT molecular complexity index is 3100. The molecule has 4 unspecified atom stereocenters. The van der Waals surface area contributed by atoms with Gasteiger partial charge in [0.1, 0.15) is 23.0 Å². The lowest BCUT2D eigenvalue weighted by Gasteiger charge is -2.17. The Labute approximate surface area is 516 Å². The molecule has 0 spiro atoms. The summed E-state index contributed by atoms with van der Waals surface area (Å²) in [6.45, 7) is 21.1. The number of pyridine rings is 2.